The van der Waals surface area contributed by atoms with Gasteiger partial charge in [-0.3, -0.25) is 19.9 Å². The van der Waals surface area contributed by atoms with Crippen LogP contribution in [0.2, 0.25) is 0 Å². The fourth-order valence-corrected chi connectivity index (χ4v) is 5.49. The maximum atomic E-state index is 15.4. The predicted octanol–water partition coefficient (Wildman–Crippen LogP) is 7.59. The van der Waals surface area contributed by atoms with Crippen LogP contribution in [0.25, 0.3) is 5.69 Å². The molecule has 3 N–H and O–H groups in total. The first-order valence-electron chi connectivity index (χ1n) is 15.6. The number of nitrogens with zero attached hydrogens (tertiary/aromatic N) is 3. The van der Waals surface area contributed by atoms with E-state index in [-0.39, 0.29) is 23.0 Å². The topological polar surface area (TPSA) is 127 Å². The fraction of sp³-hybridized carbons (Fsp3) is 0.343. The van der Waals surface area contributed by atoms with Gasteiger partial charge >= 0.3 is 12.3 Å². The van der Waals surface area contributed by atoms with E-state index in [9.17, 15) is 27.6 Å². The lowest BCUT2D eigenvalue weighted by atomic mass is 9.79. The zero-order valence-electron chi connectivity index (χ0n) is 27.3. The first kappa shape index (κ1) is 35.0. The third-order valence-corrected chi connectivity index (χ3v) is 7.84. The number of hydrogen-bond donors (Lipinski definition) is 3. The predicted molar refractivity (Wildman–Crippen MR) is 174 cm³/mol. The van der Waals surface area contributed by atoms with Gasteiger partial charge in [0.2, 0.25) is 5.91 Å². The molecule has 14 heteroatoms. The van der Waals surface area contributed by atoms with Crippen molar-refractivity contribution in [3.8, 4) is 5.69 Å². The van der Waals surface area contributed by atoms with E-state index < -0.39 is 46.5 Å². The molecule has 0 saturated heterocycles. The first-order chi connectivity index (χ1) is 23.0. The third-order valence-electron chi connectivity index (χ3n) is 7.84. The Labute approximate surface area is 280 Å². The van der Waals surface area contributed by atoms with Crippen LogP contribution in [-0.2, 0) is 21.2 Å². The van der Waals surface area contributed by atoms with Gasteiger partial charge in [0.05, 0.1) is 16.9 Å². The van der Waals surface area contributed by atoms with Gasteiger partial charge in [0.1, 0.15) is 17.1 Å². The van der Waals surface area contributed by atoms with E-state index in [1.807, 2.05) is 0 Å². The first-order valence-corrected chi connectivity index (χ1v) is 15.6. The van der Waals surface area contributed by atoms with Crippen LogP contribution in [0.5, 0.6) is 0 Å². The van der Waals surface area contributed by atoms with Crippen molar-refractivity contribution < 1.29 is 36.7 Å². The number of pyridine rings is 1. The van der Waals surface area contributed by atoms with Crippen molar-refractivity contribution in [3.63, 3.8) is 0 Å². The number of amides is 3. The second-order valence-electron chi connectivity index (χ2n) is 13.0. The van der Waals surface area contributed by atoms with Gasteiger partial charge in [-0.1, -0.05) is 31.0 Å². The Balaban J connectivity index is 1.52. The van der Waals surface area contributed by atoms with E-state index in [1.165, 1.54) is 43.3 Å². The van der Waals surface area contributed by atoms with Crippen LogP contribution in [0.4, 0.5) is 33.7 Å². The highest BCUT2D eigenvalue weighted by atomic mass is 19.4. The molecule has 1 aliphatic rings. The van der Waals surface area contributed by atoms with Crippen molar-refractivity contribution in [3.05, 3.63) is 101 Å². The smallest absolute Gasteiger partial charge is 0.435 e. The Hall–Kier alpha value is -5.27. The number of carbonyl (C=O) groups is 3. The average Bonchev–Trinajstić information content (AvgIpc) is 3.73. The molecule has 0 aliphatic heterocycles. The van der Waals surface area contributed by atoms with Crippen LogP contribution in [0, 0.1) is 11.7 Å². The van der Waals surface area contributed by atoms with E-state index in [2.05, 4.69) is 26.0 Å². The summed E-state index contributed by atoms with van der Waals surface area (Å²) in [7, 11) is 0. The highest BCUT2D eigenvalue weighted by molar-refractivity contribution is 6.03. The lowest BCUT2D eigenvalue weighted by Crippen LogP contribution is -2.46. The van der Waals surface area contributed by atoms with Crippen LogP contribution in [0.15, 0.2) is 73.1 Å². The number of hydrogen-bond acceptors (Lipinski definition) is 6. The summed E-state index contributed by atoms with van der Waals surface area (Å²) in [5.41, 5.74) is -2.93. The van der Waals surface area contributed by atoms with Gasteiger partial charge in [0, 0.05) is 36.6 Å². The second kappa shape index (κ2) is 13.7. The number of carbonyl (C=O) groups excluding carboxylic acids is 3. The Morgan fingerprint density at radius 3 is 2.35 bits per heavy atom. The van der Waals surface area contributed by atoms with Gasteiger partial charge < -0.3 is 15.4 Å². The van der Waals surface area contributed by atoms with E-state index in [1.54, 1.807) is 45.3 Å². The number of rotatable bonds is 10. The molecule has 1 saturated carbocycles. The summed E-state index contributed by atoms with van der Waals surface area (Å²) in [5, 5.41) is 11.6. The molecule has 10 nitrogen and oxygen atoms in total. The quantitative estimate of drug-likeness (QED) is 0.148. The van der Waals surface area contributed by atoms with Crippen LogP contribution >= 0.6 is 0 Å². The molecule has 49 heavy (non-hydrogen) atoms. The monoisotopic (exact) mass is 680 g/mol. The number of anilines is 2. The van der Waals surface area contributed by atoms with Crippen molar-refractivity contribution in [2.75, 3.05) is 10.6 Å². The highest BCUT2D eigenvalue weighted by Crippen LogP contribution is 2.42. The Morgan fingerprint density at radius 2 is 1.71 bits per heavy atom. The third kappa shape index (κ3) is 8.61. The molecule has 1 atom stereocenters. The molecule has 0 radical (unpaired) electrons. The van der Waals surface area contributed by atoms with Gasteiger partial charge in [-0.15, -0.1) is 0 Å². The van der Waals surface area contributed by atoms with Crippen molar-refractivity contribution in [1.29, 1.82) is 0 Å². The molecule has 0 spiro atoms. The van der Waals surface area contributed by atoms with Crippen LogP contribution in [0.1, 0.15) is 80.7 Å². The van der Waals surface area contributed by atoms with Crippen LogP contribution in [-0.4, -0.2) is 38.3 Å². The lowest BCUT2D eigenvalue weighted by molar-refractivity contribution is -0.141. The SMILES string of the molecule is CC(=O)NC(CCC1CC1)(c1cccnc1)c1ccc(F)c(NC(=O)c2cc(C(F)(F)F)nn2-c2cccc(NC(=O)OC(C)(C)C)c2)c1. The van der Waals surface area contributed by atoms with Crippen molar-refractivity contribution >= 4 is 29.3 Å². The standard InChI is InChI=1S/C35H36F4N6O4/c1-21(46)43-34(15-14-22-10-11-22,24-7-6-16-40-20-24)23-12-13-27(36)28(17-23)42-31(47)29-19-30(35(37,38)39)44-45(29)26-9-5-8-25(18-26)41-32(48)49-33(2,3)4/h5-9,12-13,16-20,22H,10-11,14-15H2,1-4H3,(H,41,48)(H,42,47)(H,43,46). The van der Waals surface area contributed by atoms with E-state index in [4.69, 9.17) is 4.74 Å². The molecule has 1 unspecified atom stereocenters. The zero-order valence-corrected chi connectivity index (χ0v) is 27.3. The molecule has 0 bridgehead atoms. The second-order valence-corrected chi connectivity index (χ2v) is 13.0. The van der Waals surface area contributed by atoms with Gasteiger partial charge in [-0.2, -0.15) is 18.3 Å². The van der Waals surface area contributed by atoms with Gasteiger partial charge in [0.15, 0.2) is 5.69 Å². The minimum absolute atomic E-state index is 0.00441. The maximum Gasteiger partial charge on any atom is 0.435 e. The molecule has 1 fully saturated rings. The molecule has 4 aromatic rings. The minimum atomic E-state index is -4.92. The fourth-order valence-electron chi connectivity index (χ4n) is 5.49. The van der Waals surface area contributed by atoms with Gasteiger partial charge in [-0.05, 0) is 81.5 Å². The number of benzene rings is 2. The summed E-state index contributed by atoms with van der Waals surface area (Å²) < 4.78 is 62.9. The average molecular weight is 681 g/mol. The van der Waals surface area contributed by atoms with Crippen LogP contribution in [0.3, 0.4) is 0 Å². The molecule has 3 amide bonds. The summed E-state index contributed by atoms with van der Waals surface area (Å²) in [4.78, 5) is 42.8. The number of aromatic nitrogens is 3. The summed E-state index contributed by atoms with van der Waals surface area (Å²) in [5.74, 6) is -1.81. The number of halogens is 4. The molecule has 2 heterocycles. The molecular formula is C35H36F4N6O4. The van der Waals surface area contributed by atoms with Crippen LogP contribution < -0.4 is 16.0 Å². The molecule has 5 rings (SSSR count). The number of ether oxygens (including phenoxy) is 1. The summed E-state index contributed by atoms with van der Waals surface area (Å²) in [6, 6.07) is 13.7. The Kier molecular flexibility index (Phi) is 9.79. The maximum absolute atomic E-state index is 15.4. The van der Waals surface area contributed by atoms with E-state index in [0.717, 1.165) is 30.0 Å². The molecule has 1 aliphatic carbocycles. The van der Waals surface area contributed by atoms with E-state index >= 15 is 4.39 Å². The lowest BCUT2D eigenvalue weighted by Gasteiger charge is -2.36. The summed E-state index contributed by atoms with van der Waals surface area (Å²) >= 11 is 0. The molecule has 258 valence electrons. The Morgan fingerprint density at radius 1 is 0.959 bits per heavy atom. The highest BCUT2D eigenvalue weighted by Gasteiger charge is 2.39. The number of alkyl halides is 3. The van der Waals surface area contributed by atoms with Crippen molar-refractivity contribution in [2.24, 2.45) is 5.92 Å². The van der Waals surface area contributed by atoms with Crippen molar-refractivity contribution in [1.82, 2.24) is 20.1 Å². The largest absolute Gasteiger partial charge is 0.444 e. The summed E-state index contributed by atoms with van der Waals surface area (Å²) in [6.45, 7) is 6.37. The molecule has 2 aromatic heterocycles. The molecule has 2 aromatic carbocycles. The Bertz CT molecular complexity index is 1850. The van der Waals surface area contributed by atoms with Gasteiger partial charge in [-0.25, -0.2) is 13.9 Å². The number of nitrogens with one attached hydrogen (secondary N) is 3. The minimum Gasteiger partial charge on any atom is -0.444 e. The molecular weight excluding hydrogens is 644 g/mol. The van der Waals surface area contributed by atoms with Gasteiger partial charge in [0.25, 0.3) is 5.91 Å². The summed E-state index contributed by atoms with van der Waals surface area (Å²) in [6.07, 6.45) is 0.804. The zero-order chi connectivity index (χ0) is 35.6. The van der Waals surface area contributed by atoms with E-state index in [0.29, 0.717) is 29.5 Å². The normalized spacial score (nSPS) is 14.4. The van der Waals surface area contributed by atoms with Crippen molar-refractivity contribution in [2.45, 2.75) is 70.7 Å².